The molecule has 1 aromatic heterocycles. The molecule has 3 aromatic rings. The summed E-state index contributed by atoms with van der Waals surface area (Å²) >= 11 is 3.41. The molecular weight excluding hydrogens is 356 g/mol. The van der Waals surface area contributed by atoms with E-state index in [0.29, 0.717) is 26.7 Å². The number of hydrogen-bond acceptors (Lipinski definition) is 3. The highest BCUT2D eigenvalue weighted by molar-refractivity contribution is 9.10. The second-order valence-corrected chi connectivity index (χ2v) is 5.95. The van der Waals surface area contributed by atoms with Crippen LogP contribution in [0.3, 0.4) is 0 Å². The van der Waals surface area contributed by atoms with E-state index >= 15 is 0 Å². The minimum atomic E-state index is -0.209. The number of pyridine rings is 1. The number of aromatic nitrogens is 1. The molecule has 0 atom stereocenters. The molecule has 23 heavy (non-hydrogen) atoms. The molecule has 0 unspecified atom stereocenters. The zero-order valence-corrected chi connectivity index (χ0v) is 14.2. The molecule has 0 aliphatic heterocycles. The number of halogens is 1. The van der Waals surface area contributed by atoms with E-state index in [4.69, 9.17) is 4.74 Å². The normalized spacial score (nSPS) is 10.5. The molecule has 0 saturated heterocycles. The van der Waals surface area contributed by atoms with E-state index in [-0.39, 0.29) is 5.56 Å². The Kier molecular flexibility index (Phi) is 3.93. The number of nitriles is 1. The second-order valence-electron chi connectivity index (χ2n) is 5.10. The van der Waals surface area contributed by atoms with Crippen LogP contribution in [0.2, 0.25) is 0 Å². The van der Waals surface area contributed by atoms with Gasteiger partial charge in [0.15, 0.2) is 0 Å². The first-order chi connectivity index (χ1) is 11.1. The first kappa shape index (κ1) is 15.3. The standard InChI is InChI=1S/C18H13BrN2O2/c1-21-15(10-20)17(11-6-4-3-5-7-11)12-9-16(23-2)14(19)8-13(12)18(21)22/h3-9H,1-2H3. The predicted octanol–water partition coefficient (Wildman–Crippen LogP) is 3.85. The van der Waals surface area contributed by atoms with Gasteiger partial charge in [-0.25, -0.2) is 0 Å². The van der Waals surface area contributed by atoms with Gasteiger partial charge in [-0.15, -0.1) is 0 Å². The van der Waals surface area contributed by atoms with E-state index in [1.807, 2.05) is 30.3 Å². The van der Waals surface area contributed by atoms with Crippen molar-refractivity contribution < 1.29 is 4.74 Å². The smallest absolute Gasteiger partial charge is 0.259 e. The van der Waals surface area contributed by atoms with Crippen molar-refractivity contribution in [3.05, 3.63) is 63.0 Å². The maximum atomic E-state index is 12.6. The third-order valence-corrected chi connectivity index (χ3v) is 4.46. The fourth-order valence-corrected chi connectivity index (χ4v) is 3.20. The molecule has 0 bridgehead atoms. The van der Waals surface area contributed by atoms with Crippen molar-refractivity contribution in [2.45, 2.75) is 0 Å². The van der Waals surface area contributed by atoms with Gasteiger partial charge in [-0.3, -0.25) is 4.79 Å². The summed E-state index contributed by atoms with van der Waals surface area (Å²) in [5.74, 6) is 0.617. The van der Waals surface area contributed by atoms with Crippen molar-refractivity contribution in [2.75, 3.05) is 7.11 Å². The van der Waals surface area contributed by atoms with Gasteiger partial charge >= 0.3 is 0 Å². The van der Waals surface area contributed by atoms with E-state index in [0.717, 1.165) is 11.1 Å². The quantitative estimate of drug-likeness (QED) is 0.690. The van der Waals surface area contributed by atoms with Crippen molar-refractivity contribution >= 4 is 26.7 Å². The molecule has 0 radical (unpaired) electrons. The monoisotopic (exact) mass is 368 g/mol. The SMILES string of the molecule is COc1cc2c(-c3ccccc3)c(C#N)n(C)c(=O)c2cc1Br. The summed E-state index contributed by atoms with van der Waals surface area (Å²) < 4.78 is 7.44. The highest BCUT2D eigenvalue weighted by Crippen LogP contribution is 2.35. The molecule has 3 rings (SSSR count). The second kappa shape index (κ2) is 5.90. The Morgan fingerprint density at radius 2 is 1.87 bits per heavy atom. The first-order valence-corrected chi connectivity index (χ1v) is 7.73. The molecule has 114 valence electrons. The third-order valence-electron chi connectivity index (χ3n) is 3.84. The number of benzene rings is 2. The van der Waals surface area contributed by atoms with Crippen LogP contribution in [0.1, 0.15) is 5.69 Å². The van der Waals surface area contributed by atoms with Gasteiger partial charge in [0.2, 0.25) is 0 Å². The van der Waals surface area contributed by atoms with Crippen LogP contribution < -0.4 is 10.3 Å². The van der Waals surface area contributed by atoms with Crippen molar-refractivity contribution in [2.24, 2.45) is 7.05 Å². The van der Waals surface area contributed by atoms with Gasteiger partial charge in [0.25, 0.3) is 5.56 Å². The molecule has 0 aliphatic carbocycles. The maximum Gasteiger partial charge on any atom is 0.259 e. The fraction of sp³-hybridized carbons (Fsp3) is 0.111. The van der Waals surface area contributed by atoms with Crippen LogP contribution in [0.5, 0.6) is 5.75 Å². The average molecular weight is 369 g/mol. The van der Waals surface area contributed by atoms with Crippen LogP contribution in [0.15, 0.2) is 51.7 Å². The highest BCUT2D eigenvalue weighted by Gasteiger charge is 2.18. The molecule has 0 fully saturated rings. The summed E-state index contributed by atoms with van der Waals surface area (Å²) in [5, 5.41) is 10.8. The third kappa shape index (κ3) is 2.41. The number of methoxy groups -OCH3 is 1. The van der Waals surface area contributed by atoms with Crippen molar-refractivity contribution in [1.82, 2.24) is 4.57 Å². The number of ether oxygens (including phenoxy) is 1. The van der Waals surface area contributed by atoms with Crippen LogP contribution in [0.4, 0.5) is 0 Å². The van der Waals surface area contributed by atoms with Crippen LogP contribution >= 0.6 is 15.9 Å². The summed E-state index contributed by atoms with van der Waals surface area (Å²) in [6, 6.07) is 15.3. The minimum absolute atomic E-state index is 0.209. The summed E-state index contributed by atoms with van der Waals surface area (Å²) in [5.41, 5.74) is 1.74. The van der Waals surface area contributed by atoms with Gasteiger partial charge in [0, 0.05) is 23.4 Å². The zero-order chi connectivity index (χ0) is 16.6. The number of hydrogen-bond donors (Lipinski definition) is 0. The average Bonchev–Trinajstić information content (AvgIpc) is 2.58. The lowest BCUT2D eigenvalue weighted by molar-refractivity contribution is 0.413. The topological polar surface area (TPSA) is 55.0 Å². The summed E-state index contributed by atoms with van der Waals surface area (Å²) in [6.45, 7) is 0. The molecule has 1 heterocycles. The predicted molar refractivity (Wildman–Crippen MR) is 93.6 cm³/mol. The Bertz CT molecular complexity index is 1000. The van der Waals surface area contributed by atoms with Crippen molar-refractivity contribution in [3.63, 3.8) is 0 Å². The number of rotatable bonds is 2. The Balaban J connectivity index is 2.57. The summed E-state index contributed by atoms with van der Waals surface area (Å²) in [7, 11) is 3.19. The maximum absolute atomic E-state index is 12.6. The van der Waals surface area contributed by atoms with E-state index in [9.17, 15) is 10.1 Å². The van der Waals surface area contributed by atoms with E-state index in [1.54, 1.807) is 26.3 Å². The van der Waals surface area contributed by atoms with Gasteiger partial charge in [-0.2, -0.15) is 5.26 Å². The van der Waals surface area contributed by atoms with E-state index in [2.05, 4.69) is 22.0 Å². The Labute approximate surface area is 141 Å². The molecule has 0 spiro atoms. The molecular formula is C18H13BrN2O2. The summed E-state index contributed by atoms with van der Waals surface area (Å²) in [4.78, 5) is 12.6. The number of nitrogens with zero attached hydrogens (tertiary/aromatic N) is 2. The Hall–Kier alpha value is -2.58. The van der Waals surface area contributed by atoms with Crippen molar-refractivity contribution in [3.8, 4) is 22.9 Å². The van der Waals surface area contributed by atoms with Crippen LogP contribution in [0.25, 0.3) is 21.9 Å². The molecule has 0 saturated carbocycles. The highest BCUT2D eigenvalue weighted by atomic mass is 79.9. The van der Waals surface area contributed by atoms with Crippen molar-refractivity contribution in [1.29, 1.82) is 5.26 Å². The lowest BCUT2D eigenvalue weighted by Gasteiger charge is -2.14. The van der Waals surface area contributed by atoms with E-state index in [1.165, 1.54) is 4.57 Å². The molecule has 4 nitrogen and oxygen atoms in total. The Morgan fingerprint density at radius 1 is 1.17 bits per heavy atom. The first-order valence-electron chi connectivity index (χ1n) is 6.94. The van der Waals surface area contributed by atoms with Gasteiger partial charge in [0.1, 0.15) is 17.5 Å². The van der Waals surface area contributed by atoms with Crippen LogP contribution in [0, 0.1) is 11.3 Å². The van der Waals surface area contributed by atoms with Gasteiger partial charge in [0.05, 0.1) is 11.6 Å². The zero-order valence-electron chi connectivity index (χ0n) is 12.6. The molecule has 0 amide bonds. The largest absolute Gasteiger partial charge is 0.496 e. The number of fused-ring (bicyclic) bond motifs is 1. The molecule has 0 N–H and O–H groups in total. The molecule has 0 aliphatic rings. The van der Waals surface area contributed by atoms with E-state index < -0.39 is 0 Å². The lowest BCUT2D eigenvalue weighted by atomic mass is 9.97. The summed E-state index contributed by atoms with van der Waals surface area (Å²) in [6.07, 6.45) is 0. The molecule has 5 heteroatoms. The van der Waals surface area contributed by atoms with Gasteiger partial charge in [-0.1, -0.05) is 30.3 Å². The lowest BCUT2D eigenvalue weighted by Crippen LogP contribution is -2.20. The minimum Gasteiger partial charge on any atom is -0.496 e. The van der Waals surface area contributed by atoms with Crippen LogP contribution in [-0.4, -0.2) is 11.7 Å². The van der Waals surface area contributed by atoms with Gasteiger partial charge in [-0.05, 0) is 33.6 Å². The fourth-order valence-electron chi connectivity index (χ4n) is 2.70. The molecule has 2 aromatic carbocycles. The van der Waals surface area contributed by atoms with Gasteiger partial charge < -0.3 is 9.30 Å². The Morgan fingerprint density at radius 3 is 2.48 bits per heavy atom. The van der Waals surface area contributed by atoms with Crippen LogP contribution in [-0.2, 0) is 7.05 Å².